The summed E-state index contributed by atoms with van der Waals surface area (Å²) in [7, 11) is 1.76. The van der Waals surface area contributed by atoms with Crippen molar-refractivity contribution in [2.24, 2.45) is 7.05 Å². The molecule has 0 aliphatic carbocycles. The van der Waals surface area contributed by atoms with Crippen LogP contribution in [0.1, 0.15) is 12.2 Å². The van der Waals surface area contributed by atoms with Crippen molar-refractivity contribution < 1.29 is 14.8 Å². The summed E-state index contributed by atoms with van der Waals surface area (Å²) < 4.78 is 1.75. The van der Waals surface area contributed by atoms with Crippen LogP contribution in [0.5, 0.6) is 0 Å². The number of aromatic nitrogens is 2. The Bertz CT molecular complexity index is 632. The maximum atomic E-state index is 10.6. The molecule has 0 radical (unpaired) electrons. The molecule has 0 amide bonds. The standard InChI is InChI=1S/C11H11N3O4/c1-13-9-3-2-7(14(17)18)6-8(9)12-10(13)4-5-11(15)16/h2-3,6H,4-5H2,1H3,(H,15,16). The first kappa shape index (κ1) is 12.0. The zero-order valence-corrected chi connectivity index (χ0v) is 9.66. The lowest BCUT2D eigenvalue weighted by atomic mass is 10.3. The fourth-order valence-corrected chi connectivity index (χ4v) is 1.79. The number of aliphatic carboxylic acids is 1. The second-order valence-electron chi connectivity index (χ2n) is 3.91. The van der Waals surface area contributed by atoms with E-state index in [0.717, 1.165) is 5.52 Å². The highest BCUT2D eigenvalue weighted by molar-refractivity contribution is 5.78. The molecule has 1 aromatic heterocycles. The fourth-order valence-electron chi connectivity index (χ4n) is 1.79. The Hall–Kier alpha value is -2.44. The summed E-state index contributed by atoms with van der Waals surface area (Å²) in [6.45, 7) is 0. The zero-order valence-electron chi connectivity index (χ0n) is 9.66. The van der Waals surface area contributed by atoms with Crippen LogP contribution in [-0.4, -0.2) is 25.6 Å². The molecule has 0 bridgehead atoms. The van der Waals surface area contributed by atoms with Gasteiger partial charge < -0.3 is 9.67 Å². The summed E-state index contributed by atoms with van der Waals surface area (Å²) in [6.07, 6.45) is 0.285. The van der Waals surface area contributed by atoms with Gasteiger partial charge in [0.15, 0.2) is 0 Å². The molecule has 0 saturated heterocycles. The Morgan fingerprint density at radius 2 is 2.28 bits per heavy atom. The van der Waals surface area contributed by atoms with E-state index in [1.54, 1.807) is 17.7 Å². The summed E-state index contributed by atoms with van der Waals surface area (Å²) in [5.41, 5.74) is 1.23. The lowest BCUT2D eigenvalue weighted by Gasteiger charge is -1.99. The van der Waals surface area contributed by atoms with E-state index in [9.17, 15) is 14.9 Å². The van der Waals surface area contributed by atoms with Crippen LogP contribution in [0.2, 0.25) is 0 Å². The average molecular weight is 249 g/mol. The molecule has 18 heavy (non-hydrogen) atoms. The average Bonchev–Trinajstić information content (AvgIpc) is 2.63. The van der Waals surface area contributed by atoms with E-state index < -0.39 is 10.9 Å². The van der Waals surface area contributed by atoms with Gasteiger partial charge in [0.1, 0.15) is 5.82 Å². The van der Waals surface area contributed by atoms with Crippen molar-refractivity contribution in [3.8, 4) is 0 Å². The monoisotopic (exact) mass is 249 g/mol. The van der Waals surface area contributed by atoms with Crippen LogP contribution in [-0.2, 0) is 18.3 Å². The Morgan fingerprint density at radius 3 is 2.89 bits per heavy atom. The first-order valence-electron chi connectivity index (χ1n) is 5.30. The molecule has 2 rings (SSSR count). The maximum Gasteiger partial charge on any atom is 0.303 e. The Balaban J connectivity index is 2.42. The molecule has 0 fully saturated rings. The number of rotatable bonds is 4. The van der Waals surface area contributed by atoms with Crippen molar-refractivity contribution in [1.29, 1.82) is 0 Å². The van der Waals surface area contributed by atoms with Crippen LogP contribution in [0.3, 0.4) is 0 Å². The van der Waals surface area contributed by atoms with Crippen molar-refractivity contribution >= 4 is 22.7 Å². The van der Waals surface area contributed by atoms with Crippen molar-refractivity contribution in [2.45, 2.75) is 12.8 Å². The van der Waals surface area contributed by atoms with Gasteiger partial charge in [0, 0.05) is 25.6 Å². The van der Waals surface area contributed by atoms with Crippen LogP contribution in [0.15, 0.2) is 18.2 Å². The van der Waals surface area contributed by atoms with Gasteiger partial charge >= 0.3 is 5.97 Å². The molecule has 0 aliphatic rings. The van der Waals surface area contributed by atoms with Crippen LogP contribution in [0.4, 0.5) is 5.69 Å². The van der Waals surface area contributed by atoms with E-state index in [-0.39, 0.29) is 12.1 Å². The van der Waals surface area contributed by atoms with E-state index in [2.05, 4.69) is 4.98 Å². The molecule has 94 valence electrons. The second kappa shape index (κ2) is 4.44. The van der Waals surface area contributed by atoms with Crippen LogP contribution in [0, 0.1) is 10.1 Å². The van der Waals surface area contributed by atoms with Crippen molar-refractivity contribution in [3.63, 3.8) is 0 Å². The lowest BCUT2D eigenvalue weighted by Crippen LogP contribution is -2.03. The Labute approximate surface area is 102 Å². The maximum absolute atomic E-state index is 10.6. The molecule has 1 aromatic carbocycles. The number of imidazole rings is 1. The van der Waals surface area contributed by atoms with Gasteiger partial charge in [-0.05, 0) is 6.07 Å². The largest absolute Gasteiger partial charge is 0.481 e. The van der Waals surface area contributed by atoms with Gasteiger partial charge in [-0.25, -0.2) is 4.98 Å². The summed E-state index contributed by atoms with van der Waals surface area (Å²) in [6, 6.07) is 4.41. The van der Waals surface area contributed by atoms with E-state index in [4.69, 9.17) is 5.11 Å². The molecule has 7 heteroatoms. The minimum Gasteiger partial charge on any atom is -0.481 e. The summed E-state index contributed by atoms with van der Waals surface area (Å²) in [5, 5.41) is 19.3. The number of nitro benzene ring substituents is 1. The van der Waals surface area contributed by atoms with Gasteiger partial charge in [-0.1, -0.05) is 0 Å². The number of carboxylic acids is 1. The van der Waals surface area contributed by atoms with E-state index >= 15 is 0 Å². The van der Waals surface area contributed by atoms with Gasteiger partial charge in [0.05, 0.1) is 22.4 Å². The highest BCUT2D eigenvalue weighted by Gasteiger charge is 2.13. The number of aryl methyl sites for hydroxylation is 2. The van der Waals surface area contributed by atoms with E-state index in [1.165, 1.54) is 12.1 Å². The smallest absolute Gasteiger partial charge is 0.303 e. The summed E-state index contributed by atoms with van der Waals surface area (Å²) in [5.74, 6) is -0.291. The molecule has 0 saturated carbocycles. The normalized spacial score (nSPS) is 10.7. The molecule has 0 unspecified atom stereocenters. The number of fused-ring (bicyclic) bond motifs is 1. The van der Waals surface area contributed by atoms with Gasteiger partial charge in [0.2, 0.25) is 0 Å². The molecule has 0 atom stereocenters. The highest BCUT2D eigenvalue weighted by Crippen LogP contribution is 2.21. The Morgan fingerprint density at radius 1 is 1.56 bits per heavy atom. The van der Waals surface area contributed by atoms with Crippen molar-refractivity contribution in [2.75, 3.05) is 0 Å². The summed E-state index contributed by atoms with van der Waals surface area (Å²) in [4.78, 5) is 24.9. The van der Waals surface area contributed by atoms with Gasteiger partial charge in [-0.15, -0.1) is 0 Å². The molecular weight excluding hydrogens is 238 g/mol. The third kappa shape index (κ3) is 2.15. The van der Waals surface area contributed by atoms with Crippen molar-refractivity contribution in [3.05, 3.63) is 34.1 Å². The number of carbonyl (C=O) groups is 1. The van der Waals surface area contributed by atoms with E-state index in [0.29, 0.717) is 17.8 Å². The predicted octanol–water partition coefficient (Wildman–Crippen LogP) is 1.50. The number of non-ortho nitro benzene ring substituents is 1. The number of nitrogens with zero attached hydrogens (tertiary/aromatic N) is 3. The van der Waals surface area contributed by atoms with Gasteiger partial charge in [-0.2, -0.15) is 0 Å². The fraction of sp³-hybridized carbons (Fsp3) is 0.273. The predicted molar refractivity (Wildman–Crippen MR) is 63.3 cm³/mol. The minimum absolute atomic E-state index is 0.0146. The molecule has 0 aliphatic heterocycles. The first-order valence-corrected chi connectivity index (χ1v) is 5.30. The molecule has 0 spiro atoms. The quantitative estimate of drug-likeness (QED) is 0.654. The SMILES string of the molecule is Cn1c(CCC(=O)O)nc2cc([N+](=O)[O-])ccc21. The molecule has 1 heterocycles. The van der Waals surface area contributed by atoms with Crippen LogP contribution < -0.4 is 0 Å². The van der Waals surface area contributed by atoms with Crippen LogP contribution >= 0.6 is 0 Å². The lowest BCUT2D eigenvalue weighted by molar-refractivity contribution is -0.384. The molecule has 7 nitrogen and oxygen atoms in total. The number of hydrogen-bond donors (Lipinski definition) is 1. The second-order valence-corrected chi connectivity index (χ2v) is 3.91. The number of hydrogen-bond acceptors (Lipinski definition) is 4. The number of benzene rings is 1. The first-order chi connectivity index (χ1) is 8.49. The van der Waals surface area contributed by atoms with Crippen LogP contribution in [0.25, 0.3) is 11.0 Å². The molecular formula is C11H11N3O4. The molecule has 2 aromatic rings. The topological polar surface area (TPSA) is 98.3 Å². The zero-order chi connectivity index (χ0) is 13.3. The third-order valence-electron chi connectivity index (χ3n) is 2.73. The number of nitro groups is 1. The van der Waals surface area contributed by atoms with E-state index in [1.807, 2.05) is 0 Å². The summed E-state index contributed by atoms with van der Waals surface area (Å²) >= 11 is 0. The molecule has 1 N–H and O–H groups in total. The number of carboxylic acid groups (broad SMARTS) is 1. The Kier molecular flexibility index (Phi) is 2.97. The highest BCUT2D eigenvalue weighted by atomic mass is 16.6. The van der Waals surface area contributed by atoms with Crippen molar-refractivity contribution in [1.82, 2.24) is 9.55 Å². The van der Waals surface area contributed by atoms with Gasteiger partial charge in [-0.3, -0.25) is 14.9 Å². The third-order valence-corrected chi connectivity index (χ3v) is 2.73. The van der Waals surface area contributed by atoms with Gasteiger partial charge in [0.25, 0.3) is 5.69 Å². The minimum atomic E-state index is -0.895.